The van der Waals surface area contributed by atoms with Crippen LogP contribution < -0.4 is 10.3 Å². The molecule has 6 nitrogen and oxygen atoms in total. The maximum atomic E-state index is 13.6. The van der Waals surface area contributed by atoms with Gasteiger partial charge in [0.15, 0.2) is 0 Å². The minimum atomic E-state index is -0.165. The summed E-state index contributed by atoms with van der Waals surface area (Å²) in [5.74, 6) is 0.756. The third-order valence-corrected chi connectivity index (χ3v) is 7.04. The van der Waals surface area contributed by atoms with Gasteiger partial charge in [0.1, 0.15) is 5.75 Å². The molecular weight excluding hydrogens is 440 g/mol. The lowest BCUT2D eigenvalue weighted by atomic mass is 10.1. The number of aliphatic imine (C=N–C) groups is 1. The normalized spacial score (nSPS) is 11.9. The first-order chi connectivity index (χ1) is 15.6. The van der Waals surface area contributed by atoms with E-state index in [1.54, 1.807) is 18.4 Å². The number of ether oxygens (including phenoxy) is 1. The summed E-state index contributed by atoms with van der Waals surface area (Å²) in [6.07, 6.45) is 0. The van der Waals surface area contributed by atoms with Crippen LogP contribution in [0.2, 0.25) is 0 Å². The molecule has 0 aliphatic heterocycles. The van der Waals surface area contributed by atoms with Crippen molar-refractivity contribution in [3.05, 3.63) is 86.8 Å². The van der Waals surface area contributed by atoms with Gasteiger partial charge in [-0.15, -0.1) is 11.3 Å². The molecule has 0 aliphatic rings. The Morgan fingerprint density at radius 1 is 1.12 bits per heavy atom. The van der Waals surface area contributed by atoms with Crippen LogP contribution >= 0.6 is 22.7 Å². The average Bonchev–Trinajstić information content (AvgIpc) is 3.56. The second-order valence-electron chi connectivity index (χ2n) is 7.18. The van der Waals surface area contributed by atoms with Gasteiger partial charge < -0.3 is 4.74 Å². The van der Waals surface area contributed by atoms with E-state index in [1.807, 2.05) is 73.0 Å². The first-order valence-electron chi connectivity index (χ1n) is 10.0. The summed E-state index contributed by atoms with van der Waals surface area (Å²) >= 11 is 3.13. The Morgan fingerprint density at radius 3 is 2.66 bits per heavy atom. The lowest BCUT2D eigenvalue weighted by Gasteiger charge is -2.04. The fourth-order valence-electron chi connectivity index (χ4n) is 3.51. The molecule has 8 heteroatoms. The molecule has 160 valence electrons. The van der Waals surface area contributed by atoms with Crippen LogP contribution in [0.3, 0.4) is 0 Å². The Hall–Kier alpha value is -3.49. The van der Waals surface area contributed by atoms with Crippen molar-refractivity contribution >= 4 is 38.6 Å². The summed E-state index contributed by atoms with van der Waals surface area (Å²) in [6, 6.07) is 19.5. The molecule has 0 bridgehead atoms. The van der Waals surface area contributed by atoms with Crippen molar-refractivity contribution in [2.75, 3.05) is 7.11 Å². The van der Waals surface area contributed by atoms with Gasteiger partial charge in [-0.3, -0.25) is 14.9 Å². The van der Waals surface area contributed by atoms with Gasteiger partial charge in [-0.2, -0.15) is 4.68 Å². The van der Waals surface area contributed by atoms with Gasteiger partial charge in [0, 0.05) is 16.2 Å². The zero-order chi connectivity index (χ0) is 22.1. The number of rotatable bonds is 6. The summed E-state index contributed by atoms with van der Waals surface area (Å²) in [7, 11) is 1.63. The van der Waals surface area contributed by atoms with Gasteiger partial charge in [0.2, 0.25) is 5.13 Å². The number of thiophene rings is 1. The van der Waals surface area contributed by atoms with Crippen LogP contribution in [0.15, 0.2) is 75.8 Å². The smallest absolute Gasteiger partial charge is 0.283 e. The summed E-state index contributed by atoms with van der Waals surface area (Å²) in [5.41, 5.74) is 3.52. The van der Waals surface area contributed by atoms with E-state index in [0.29, 0.717) is 28.6 Å². The Labute approximate surface area is 192 Å². The highest BCUT2D eigenvalue weighted by atomic mass is 32.1. The summed E-state index contributed by atoms with van der Waals surface area (Å²) in [4.78, 5) is 24.1. The second-order valence-corrected chi connectivity index (χ2v) is 9.22. The highest BCUT2D eigenvalue weighted by molar-refractivity contribution is 7.20. The topological polar surface area (TPSA) is 72.3 Å². The molecule has 5 aromatic rings. The summed E-state index contributed by atoms with van der Waals surface area (Å²) in [5, 5.41) is 5.92. The van der Waals surface area contributed by atoms with Gasteiger partial charge in [-0.1, -0.05) is 29.5 Å². The fraction of sp³-hybridized carbons (Fsp3) is 0.125. The quantitative estimate of drug-likeness (QED) is 0.339. The predicted molar refractivity (Wildman–Crippen MR) is 132 cm³/mol. The zero-order valence-electron chi connectivity index (χ0n) is 17.5. The predicted octanol–water partition coefficient (Wildman–Crippen LogP) is 5.52. The first-order valence-corrected chi connectivity index (χ1v) is 11.7. The molecule has 5 rings (SSSR count). The van der Waals surface area contributed by atoms with Gasteiger partial charge in [0.25, 0.3) is 5.56 Å². The number of fused-ring (bicyclic) bond motifs is 1. The van der Waals surface area contributed by atoms with Crippen LogP contribution in [-0.2, 0) is 6.54 Å². The minimum Gasteiger partial charge on any atom is -0.497 e. The Kier molecular flexibility index (Phi) is 5.46. The highest BCUT2D eigenvalue weighted by Crippen LogP contribution is 2.27. The van der Waals surface area contributed by atoms with Crippen molar-refractivity contribution in [2.45, 2.75) is 13.5 Å². The van der Waals surface area contributed by atoms with Crippen LogP contribution in [0, 0.1) is 0 Å². The molecule has 0 radical (unpaired) electrons. The molecule has 0 amide bonds. The summed E-state index contributed by atoms with van der Waals surface area (Å²) < 4.78 is 7.83. The Balaban J connectivity index is 1.65. The monoisotopic (exact) mass is 460 g/mol. The van der Waals surface area contributed by atoms with Crippen molar-refractivity contribution in [1.82, 2.24) is 14.8 Å². The van der Waals surface area contributed by atoms with E-state index in [0.717, 1.165) is 26.4 Å². The van der Waals surface area contributed by atoms with E-state index in [1.165, 1.54) is 16.0 Å². The standard InChI is InChI=1S/C24H20N4O2S2/c1-15(25-14-18-6-5-13-31-18)21-22(16-9-11-17(30-2)12-10-16)27-28(23(21)29)24-26-19-7-3-4-8-20(19)32-24/h3-13,27H,14H2,1-2H3. The molecule has 1 N–H and O–H groups in total. The number of para-hydroxylation sites is 1. The summed E-state index contributed by atoms with van der Waals surface area (Å²) in [6.45, 7) is 2.42. The number of hydrogen-bond donors (Lipinski definition) is 1. The van der Waals surface area contributed by atoms with Crippen molar-refractivity contribution in [3.8, 4) is 22.1 Å². The van der Waals surface area contributed by atoms with Crippen LogP contribution in [0.4, 0.5) is 0 Å². The van der Waals surface area contributed by atoms with E-state index in [-0.39, 0.29) is 5.56 Å². The molecule has 0 fully saturated rings. The number of hydrogen-bond acceptors (Lipinski definition) is 6. The van der Waals surface area contributed by atoms with Gasteiger partial charge in [-0.25, -0.2) is 4.98 Å². The fourth-order valence-corrected chi connectivity index (χ4v) is 5.06. The third-order valence-electron chi connectivity index (χ3n) is 5.16. The molecule has 0 saturated heterocycles. The molecule has 3 aromatic heterocycles. The highest BCUT2D eigenvalue weighted by Gasteiger charge is 2.21. The Bertz CT molecular complexity index is 1430. The van der Waals surface area contributed by atoms with Crippen molar-refractivity contribution in [3.63, 3.8) is 0 Å². The number of thiazole rings is 1. The molecule has 3 heterocycles. The number of methoxy groups -OCH3 is 1. The maximum Gasteiger partial charge on any atom is 0.283 e. The van der Waals surface area contributed by atoms with E-state index in [2.05, 4.69) is 10.1 Å². The zero-order valence-corrected chi connectivity index (χ0v) is 19.2. The lowest BCUT2D eigenvalue weighted by Crippen LogP contribution is -2.19. The SMILES string of the molecule is COc1ccc(-c2[nH]n(-c3nc4ccccc4s3)c(=O)c2C(C)=NCc2cccs2)cc1. The van der Waals surface area contributed by atoms with Crippen LogP contribution in [0.5, 0.6) is 5.75 Å². The number of nitrogens with one attached hydrogen (secondary N) is 1. The van der Waals surface area contributed by atoms with Crippen molar-refractivity contribution < 1.29 is 4.74 Å². The molecular formula is C24H20N4O2S2. The van der Waals surface area contributed by atoms with E-state index in [9.17, 15) is 4.79 Å². The van der Waals surface area contributed by atoms with Crippen LogP contribution in [0.25, 0.3) is 26.6 Å². The lowest BCUT2D eigenvalue weighted by molar-refractivity contribution is 0.415. The third kappa shape index (κ3) is 3.79. The van der Waals surface area contributed by atoms with Crippen molar-refractivity contribution in [2.24, 2.45) is 4.99 Å². The number of H-pyrrole nitrogens is 1. The first kappa shape index (κ1) is 20.4. The van der Waals surface area contributed by atoms with E-state index < -0.39 is 0 Å². The average molecular weight is 461 g/mol. The number of nitrogens with zero attached hydrogens (tertiary/aromatic N) is 3. The van der Waals surface area contributed by atoms with Gasteiger partial charge >= 0.3 is 0 Å². The van der Waals surface area contributed by atoms with E-state index in [4.69, 9.17) is 9.73 Å². The Morgan fingerprint density at radius 2 is 1.94 bits per heavy atom. The number of aromatic amines is 1. The van der Waals surface area contributed by atoms with Gasteiger partial charge in [-0.05, 0) is 54.8 Å². The second kappa shape index (κ2) is 8.57. The van der Waals surface area contributed by atoms with Crippen molar-refractivity contribution in [1.29, 1.82) is 0 Å². The molecule has 32 heavy (non-hydrogen) atoms. The molecule has 0 atom stereocenters. The molecule has 0 saturated carbocycles. The molecule has 0 unspecified atom stereocenters. The largest absolute Gasteiger partial charge is 0.497 e. The number of benzene rings is 2. The van der Waals surface area contributed by atoms with Crippen LogP contribution in [-0.4, -0.2) is 27.6 Å². The maximum absolute atomic E-state index is 13.6. The van der Waals surface area contributed by atoms with Crippen LogP contribution in [0.1, 0.15) is 17.4 Å². The molecule has 0 spiro atoms. The van der Waals surface area contributed by atoms with Gasteiger partial charge in [0.05, 0.1) is 35.1 Å². The molecule has 2 aromatic carbocycles. The number of aromatic nitrogens is 3. The van der Waals surface area contributed by atoms with E-state index >= 15 is 0 Å². The molecule has 0 aliphatic carbocycles. The minimum absolute atomic E-state index is 0.165.